The molecule has 1 aliphatic rings. The number of anilines is 1. The first-order chi connectivity index (χ1) is 13.2. The van der Waals surface area contributed by atoms with Gasteiger partial charge in [-0.3, -0.25) is 0 Å². The molecule has 27 heavy (non-hydrogen) atoms. The second kappa shape index (κ2) is 7.80. The molecule has 140 valence electrons. The van der Waals surface area contributed by atoms with Gasteiger partial charge in [0, 0.05) is 18.3 Å². The van der Waals surface area contributed by atoms with Crippen molar-refractivity contribution in [3.63, 3.8) is 0 Å². The molecule has 0 bridgehead atoms. The molecule has 1 fully saturated rings. The number of aromatic nitrogens is 2. The number of methoxy groups -OCH3 is 1. The van der Waals surface area contributed by atoms with Crippen molar-refractivity contribution >= 4 is 16.6 Å². The molecule has 3 aromatic rings. The van der Waals surface area contributed by atoms with Crippen LogP contribution >= 0.6 is 0 Å². The van der Waals surface area contributed by atoms with E-state index in [2.05, 4.69) is 33.9 Å². The fourth-order valence-corrected chi connectivity index (χ4v) is 3.30. The molecule has 1 aliphatic heterocycles. The Kier molecular flexibility index (Phi) is 5.07. The topological polar surface area (TPSA) is 56.7 Å². The number of hydrogen-bond donors (Lipinski definition) is 0. The minimum absolute atomic E-state index is 0.351. The van der Waals surface area contributed by atoms with Crippen LogP contribution in [0.5, 0.6) is 11.6 Å². The maximum atomic E-state index is 5.96. The van der Waals surface area contributed by atoms with Gasteiger partial charge in [-0.05, 0) is 42.8 Å². The third kappa shape index (κ3) is 3.80. The molecule has 1 unspecified atom stereocenters. The molecular weight excluding hydrogens is 342 g/mol. The Hall–Kier alpha value is -2.86. The molecule has 4 rings (SSSR count). The molecule has 0 N–H and O–H groups in total. The predicted octanol–water partition coefficient (Wildman–Crippen LogP) is 3.44. The average molecular weight is 365 g/mol. The van der Waals surface area contributed by atoms with E-state index in [1.54, 1.807) is 13.4 Å². The number of rotatable bonds is 5. The van der Waals surface area contributed by atoms with Crippen LogP contribution in [-0.2, 0) is 11.3 Å². The fourth-order valence-electron chi connectivity index (χ4n) is 3.30. The Morgan fingerprint density at radius 2 is 2.00 bits per heavy atom. The van der Waals surface area contributed by atoms with E-state index in [-0.39, 0.29) is 0 Å². The van der Waals surface area contributed by atoms with Crippen LogP contribution in [0.4, 0.5) is 5.69 Å². The Bertz CT molecular complexity index is 914. The first-order valence-corrected chi connectivity index (χ1v) is 9.09. The second-order valence-corrected chi connectivity index (χ2v) is 6.63. The monoisotopic (exact) mass is 365 g/mol. The van der Waals surface area contributed by atoms with Crippen LogP contribution < -0.4 is 14.4 Å². The summed E-state index contributed by atoms with van der Waals surface area (Å²) < 4.78 is 16.7. The van der Waals surface area contributed by atoms with E-state index in [1.807, 2.05) is 30.3 Å². The SMILES string of the molecule is COc1ccc(COc2ncnc3cc(N4CCOCC4C)ccc23)cc1. The van der Waals surface area contributed by atoms with Crippen LogP contribution in [0, 0.1) is 0 Å². The molecule has 0 aliphatic carbocycles. The number of fused-ring (bicyclic) bond motifs is 1. The molecule has 1 saturated heterocycles. The summed E-state index contributed by atoms with van der Waals surface area (Å²) in [5, 5.41) is 0.913. The van der Waals surface area contributed by atoms with Gasteiger partial charge in [0.1, 0.15) is 18.7 Å². The second-order valence-electron chi connectivity index (χ2n) is 6.63. The summed E-state index contributed by atoms with van der Waals surface area (Å²) in [4.78, 5) is 11.1. The highest BCUT2D eigenvalue weighted by Crippen LogP contribution is 2.28. The zero-order chi connectivity index (χ0) is 18.6. The van der Waals surface area contributed by atoms with Gasteiger partial charge >= 0.3 is 0 Å². The van der Waals surface area contributed by atoms with E-state index in [0.29, 0.717) is 18.5 Å². The summed E-state index contributed by atoms with van der Waals surface area (Å²) in [6.45, 7) is 5.00. The zero-order valence-electron chi connectivity index (χ0n) is 15.6. The molecule has 0 amide bonds. The molecule has 0 radical (unpaired) electrons. The molecule has 6 heteroatoms. The van der Waals surface area contributed by atoms with Crippen molar-refractivity contribution in [2.24, 2.45) is 0 Å². The van der Waals surface area contributed by atoms with Gasteiger partial charge < -0.3 is 19.1 Å². The molecule has 2 aromatic carbocycles. The lowest BCUT2D eigenvalue weighted by molar-refractivity contribution is 0.0989. The van der Waals surface area contributed by atoms with E-state index < -0.39 is 0 Å². The Morgan fingerprint density at radius 1 is 1.15 bits per heavy atom. The van der Waals surface area contributed by atoms with Crippen molar-refractivity contribution in [3.05, 3.63) is 54.4 Å². The molecule has 2 heterocycles. The highest BCUT2D eigenvalue weighted by Gasteiger charge is 2.19. The Labute approximate surface area is 158 Å². The highest BCUT2D eigenvalue weighted by molar-refractivity contribution is 5.86. The molecule has 6 nitrogen and oxygen atoms in total. The van der Waals surface area contributed by atoms with Crippen LogP contribution in [0.3, 0.4) is 0 Å². The summed E-state index contributed by atoms with van der Waals surface area (Å²) in [6.07, 6.45) is 1.55. The summed E-state index contributed by atoms with van der Waals surface area (Å²) in [5.74, 6) is 1.42. The summed E-state index contributed by atoms with van der Waals surface area (Å²) in [6, 6.07) is 14.4. The standard InChI is InChI=1S/C21H23N3O3/c1-15-12-26-10-9-24(15)17-5-8-19-20(11-17)22-14-23-21(19)27-13-16-3-6-18(25-2)7-4-16/h3-8,11,14-15H,9-10,12-13H2,1-2H3. The number of hydrogen-bond acceptors (Lipinski definition) is 6. The van der Waals surface area contributed by atoms with Gasteiger partial charge in [0.15, 0.2) is 0 Å². The number of benzene rings is 2. The van der Waals surface area contributed by atoms with Crippen LogP contribution in [-0.4, -0.2) is 42.9 Å². The minimum atomic E-state index is 0.351. The van der Waals surface area contributed by atoms with E-state index in [9.17, 15) is 0 Å². The lowest BCUT2D eigenvalue weighted by Crippen LogP contribution is -2.43. The fraction of sp³-hybridized carbons (Fsp3) is 0.333. The zero-order valence-corrected chi connectivity index (χ0v) is 15.6. The van der Waals surface area contributed by atoms with E-state index in [1.165, 1.54) is 0 Å². The Balaban J connectivity index is 1.54. The highest BCUT2D eigenvalue weighted by atomic mass is 16.5. The molecule has 0 spiro atoms. The normalized spacial score (nSPS) is 17.1. The third-order valence-corrected chi connectivity index (χ3v) is 4.82. The lowest BCUT2D eigenvalue weighted by Gasteiger charge is -2.35. The van der Waals surface area contributed by atoms with Crippen molar-refractivity contribution in [3.8, 4) is 11.6 Å². The van der Waals surface area contributed by atoms with Gasteiger partial charge in [-0.25, -0.2) is 9.97 Å². The van der Waals surface area contributed by atoms with Gasteiger partial charge in [0.25, 0.3) is 0 Å². The number of nitrogens with zero attached hydrogens (tertiary/aromatic N) is 3. The molecule has 0 saturated carbocycles. The molecule has 1 atom stereocenters. The van der Waals surface area contributed by atoms with Gasteiger partial charge in [-0.2, -0.15) is 0 Å². The molecular formula is C21H23N3O3. The summed E-state index contributed by atoms with van der Waals surface area (Å²) >= 11 is 0. The summed E-state index contributed by atoms with van der Waals surface area (Å²) in [7, 11) is 1.66. The van der Waals surface area contributed by atoms with E-state index in [4.69, 9.17) is 14.2 Å². The third-order valence-electron chi connectivity index (χ3n) is 4.82. The van der Waals surface area contributed by atoms with Crippen molar-refractivity contribution < 1.29 is 14.2 Å². The lowest BCUT2D eigenvalue weighted by atomic mass is 10.1. The smallest absolute Gasteiger partial charge is 0.224 e. The van der Waals surface area contributed by atoms with E-state index >= 15 is 0 Å². The van der Waals surface area contributed by atoms with Crippen molar-refractivity contribution in [1.82, 2.24) is 9.97 Å². The van der Waals surface area contributed by atoms with Crippen LogP contribution in [0.15, 0.2) is 48.8 Å². The van der Waals surface area contributed by atoms with Gasteiger partial charge in [0.2, 0.25) is 5.88 Å². The van der Waals surface area contributed by atoms with E-state index in [0.717, 1.165) is 47.7 Å². The first-order valence-electron chi connectivity index (χ1n) is 9.09. The van der Waals surface area contributed by atoms with Gasteiger partial charge in [0.05, 0.1) is 31.2 Å². The summed E-state index contributed by atoms with van der Waals surface area (Å²) in [5.41, 5.74) is 3.09. The van der Waals surface area contributed by atoms with Crippen LogP contribution in [0.1, 0.15) is 12.5 Å². The van der Waals surface area contributed by atoms with Crippen LogP contribution in [0.25, 0.3) is 10.9 Å². The van der Waals surface area contributed by atoms with Crippen molar-refractivity contribution in [2.75, 3.05) is 31.8 Å². The predicted molar refractivity (Wildman–Crippen MR) is 104 cm³/mol. The quantitative estimate of drug-likeness (QED) is 0.690. The maximum Gasteiger partial charge on any atom is 0.224 e. The number of morpholine rings is 1. The minimum Gasteiger partial charge on any atom is -0.497 e. The largest absolute Gasteiger partial charge is 0.497 e. The van der Waals surface area contributed by atoms with Gasteiger partial charge in [-0.15, -0.1) is 0 Å². The number of ether oxygens (including phenoxy) is 3. The Morgan fingerprint density at radius 3 is 2.78 bits per heavy atom. The molecule has 1 aromatic heterocycles. The van der Waals surface area contributed by atoms with Crippen molar-refractivity contribution in [1.29, 1.82) is 0 Å². The van der Waals surface area contributed by atoms with Gasteiger partial charge in [-0.1, -0.05) is 12.1 Å². The maximum absolute atomic E-state index is 5.96. The first kappa shape index (κ1) is 17.5. The van der Waals surface area contributed by atoms with Crippen LogP contribution in [0.2, 0.25) is 0 Å². The van der Waals surface area contributed by atoms with Crippen molar-refractivity contribution in [2.45, 2.75) is 19.6 Å². The average Bonchev–Trinajstić information content (AvgIpc) is 2.72.